The maximum atomic E-state index is 13.1. The lowest BCUT2D eigenvalue weighted by Crippen LogP contribution is -2.19. The number of benzene rings is 1. The van der Waals surface area contributed by atoms with Crippen molar-refractivity contribution >= 4 is 5.78 Å². The summed E-state index contributed by atoms with van der Waals surface area (Å²) < 4.78 is 20.2. The van der Waals surface area contributed by atoms with E-state index < -0.39 is 0 Å². The summed E-state index contributed by atoms with van der Waals surface area (Å²) in [5, 5.41) is 4.31. The number of fused-ring (bicyclic) bond motifs is 1. The monoisotopic (exact) mass is 296 g/mol. The van der Waals surface area contributed by atoms with Crippen molar-refractivity contribution in [1.82, 2.24) is 9.78 Å². The predicted octanol–water partition coefficient (Wildman–Crippen LogP) is 3.52. The van der Waals surface area contributed by atoms with Crippen molar-refractivity contribution in [2.24, 2.45) is 0 Å². The van der Waals surface area contributed by atoms with Gasteiger partial charge < -0.3 is 4.42 Å². The van der Waals surface area contributed by atoms with Gasteiger partial charge in [-0.3, -0.25) is 4.79 Å². The summed E-state index contributed by atoms with van der Waals surface area (Å²) in [7, 11) is 0. The molecule has 1 aromatic carbocycles. The van der Waals surface area contributed by atoms with Crippen molar-refractivity contribution in [2.75, 3.05) is 0 Å². The molecule has 0 bridgehead atoms. The smallest absolute Gasteiger partial charge is 0.167 e. The van der Waals surface area contributed by atoms with E-state index in [0.717, 1.165) is 17.1 Å². The van der Waals surface area contributed by atoms with Crippen molar-refractivity contribution < 1.29 is 13.6 Å². The van der Waals surface area contributed by atoms with Gasteiger partial charge in [0.1, 0.15) is 11.6 Å². The fraction of sp³-hybridized carbons (Fsp3) is 0.176. The van der Waals surface area contributed by atoms with Crippen molar-refractivity contribution in [1.29, 1.82) is 0 Å². The highest BCUT2D eigenvalue weighted by Gasteiger charge is 2.31. The Bertz CT molecular complexity index is 819. The Morgan fingerprint density at radius 2 is 2.00 bits per heavy atom. The largest absolute Gasteiger partial charge is 0.469 e. The van der Waals surface area contributed by atoms with Crippen LogP contribution in [-0.4, -0.2) is 15.6 Å². The van der Waals surface area contributed by atoms with Crippen LogP contribution in [-0.2, 0) is 6.42 Å². The second-order valence-electron chi connectivity index (χ2n) is 5.44. The fourth-order valence-corrected chi connectivity index (χ4v) is 2.97. The van der Waals surface area contributed by atoms with E-state index in [1.165, 1.54) is 12.1 Å². The zero-order valence-electron chi connectivity index (χ0n) is 11.7. The molecule has 5 heteroatoms. The third-order valence-corrected chi connectivity index (χ3v) is 4.06. The van der Waals surface area contributed by atoms with Crippen LogP contribution < -0.4 is 0 Å². The van der Waals surface area contributed by atoms with Crippen molar-refractivity contribution in [3.8, 4) is 5.69 Å². The molecule has 0 saturated heterocycles. The number of halogens is 1. The van der Waals surface area contributed by atoms with Crippen LogP contribution in [0.2, 0.25) is 0 Å². The van der Waals surface area contributed by atoms with Crippen LogP contribution in [0, 0.1) is 5.82 Å². The SMILES string of the molecule is O=C1C[C@H](c2ccco2)Cc2c1cnn2-c1ccc(F)cc1. The molecule has 4 rings (SSSR count). The molecule has 0 aliphatic heterocycles. The first kappa shape index (κ1) is 13.0. The van der Waals surface area contributed by atoms with Gasteiger partial charge in [-0.15, -0.1) is 0 Å². The lowest BCUT2D eigenvalue weighted by Gasteiger charge is -2.20. The van der Waals surface area contributed by atoms with Crippen LogP contribution in [0.4, 0.5) is 4.39 Å². The van der Waals surface area contributed by atoms with Crippen molar-refractivity contribution in [3.05, 3.63) is 71.7 Å². The van der Waals surface area contributed by atoms with Gasteiger partial charge in [0.25, 0.3) is 0 Å². The molecule has 1 atom stereocenters. The first-order valence-electron chi connectivity index (χ1n) is 7.12. The number of ketones is 1. The normalized spacial score (nSPS) is 17.5. The molecular weight excluding hydrogens is 283 g/mol. The van der Waals surface area contributed by atoms with Gasteiger partial charge in [-0.05, 0) is 36.4 Å². The number of rotatable bonds is 2. The van der Waals surface area contributed by atoms with E-state index in [0.29, 0.717) is 18.4 Å². The third kappa shape index (κ3) is 2.06. The molecule has 0 spiro atoms. The summed E-state index contributed by atoms with van der Waals surface area (Å²) in [6.07, 6.45) is 4.31. The summed E-state index contributed by atoms with van der Waals surface area (Å²) >= 11 is 0. The van der Waals surface area contributed by atoms with Gasteiger partial charge in [0.2, 0.25) is 0 Å². The summed E-state index contributed by atoms with van der Waals surface area (Å²) in [4.78, 5) is 12.3. The van der Waals surface area contributed by atoms with E-state index in [9.17, 15) is 9.18 Å². The molecule has 0 N–H and O–H groups in total. The Kier molecular flexibility index (Phi) is 2.92. The molecule has 0 unspecified atom stereocenters. The molecule has 0 saturated carbocycles. The van der Waals surface area contributed by atoms with Gasteiger partial charge in [-0.25, -0.2) is 9.07 Å². The Labute approximate surface area is 126 Å². The quantitative estimate of drug-likeness (QED) is 0.727. The van der Waals surface area contributed by atoms with Gasteiger partial charge in [-0.1, -0.05) is 0 Å². The van der Waals surface area contributed by atoms with E-state index in [-0.39, 0.29) is 17.5 Å². The Balaban J connectivity index is 1.76. The number of hydrogen-bond acceptors (Lipinski definition) is 3. The molecule has 22 heavy (non-hydrogen) atoms. The maximum absolute atomic E-state index is 13.1. The highest BCUT2D eigenvalue weighted by atomic mass is 19.1. The molecule has 110 valence electrons. The second-order valence-corrected chi connectivity index (χ2v) is 5.44. The highest BCUT2D eigenvalue weighted by molar-refractivity contribution is 5.98. The molecule has 0 amide bonds. The number of nitrogens with zero attached hydrogens (tertiary/aromatic N) is 2. The van der Waals surface area contributed by atoms with Gasteiger partial charge in [0.15, 0.2) is 5.78 Å². The third-order valence-electron chi connectivity index (χ3n) is 4.06. The number of Topliss-reactive ketones (excluding diaryl/α,β-unsaturated/α-hetero) is 1. The summed E-state index contributed by atoms with van der Waals surface area (Å²) in [6, 6.07) is 9.80. The van der Waals surface area contributed by atoms with Gasteiger partial charge in [0, 0.05) is 18.8 Å². The first-order chi connectivity index (χ1) is 10.7. The van der Waals surface area contributed by atoms with Crippen LogP contribution >= 0.6 is 0 Å². The minimum absolute atomic E-state index is 0.0194. The van der Waals surface area contributed by atoms with Gasteiger partial charge in [0.05, 0.1) is 29.4 Å². The Morgan fingerprint density at radius 1 is 1.18 bits per heavy atom. The maximum Gasteiger partial charge on any atom is 0.167 e. The average molecular weight is 296 g/mol. The number of furan rings is 1. The van der Waals surface area contributed by atoms with Crippen LogP contribution in [0.5, 0.6) is 0 Å². The molecular formula is C17H13FN2O2. The lowest BCUT2D eigenvalue weighted by atomic mass is 9.85. The average Bonchev–Trinajstić information content (AvgIpc) is 3.17. The molecule has 2 heterocycles. The second kappa shape index (κ2) is 4.94. The fourth-order valence-electron chi connectivity index (χ4n) is 2.97. The van der Waals surface area contributed by atoms with E-state index >= 15 is 0 Å². The number of carbonyl (C=O) groups excluding carboxylic acids is 1. The van der Waals surface area contributed by atoms with Crippen LogP contribution in [0.15, 0.2) is 53.3 Å². The molecule has 0 fully saturated rings. The summed E-state index contributed by atoms with van der Waals surface area (Å²) in [6.45, 7) is 0. The number of hydrogen-bond donors (Lipinski definition) is 0. The number of carbonyl (C=O) groups is 1. The highest BCUT2D eigenvalue weighted by Crippen LogP contribution is 2.33. The van der Waals surface area contributed by atoms with E-state index in [1.54, 1.807) is 29.3 Å². The topological polar surface area (TPSA) is 48.0 Å². The van der Waals surface area contributed by atoms with E-state index in [4.69, 9.17) is 4.42 Å². The van der Waals surface area contributed by atoms with Crippen LogP contribution in [0.1, 0.15) is 34.2 Å². The standard InChI is InChI=1S/C17H13FN2O2/c18-12-3-5-13(6-4-12)20-15-8-11(17-2-1-7-22-17)9-16(21)14(15)10-19-20/h1-7,10-11H,8-9H2/t11-/m1/s1. The first-order valence-corrected chi connectivity index (χ1v) is 7.12. The van der Waals surface area contributed by atoms with E-state index in [2.05, 4.69) is 5.10 Å². The molecule has 1 aliphatic carbocycles. The van der Waals surface area contributed by atoms with Gasteiger partial charge >= 0.3 is 0 Å². The predicted molar refractivity (Wildman–Crippen MR) is 77.6 cm³/mol. The molecule has 2 aromatic heterocycles. The molecule has 4 nitrogen and oxygen atoms in total. The minimum atomic E-state index is -0.297. The number of aromatic nitrogens is 2. The summed E-state index contributed by atoms with van der Waals surface area (Å²) in [5.41, 5.74) is 2.24. The zero-order valence-corrected chi connectivity index (χ0v) is 11.7. The Morgan fingerprint density at radius 3 is 2.73 bits per heavy atom. The summed E-state index contributed by atoms with van der Waals surface area (Å²) in [5.74, 6) is 0.599. The molecule has 1 aliphatic rings. The van der Waals surface area contributed by atoms with Gasteiger partial charge in [-0.2, -0.15) is 5.10 Å². The Hall–Kier alpha value is -2.69. The minimum Gasteiger partial charge on any atom is -0.469 e. The van der Waals surface area contributed by atoms with Crippen molar-refractivity contribution in [3.63, 3.8) is 0 Å². The van der Waals surface area contributed by atoms with E-state index in [1.807, 2.05) is 12.1 Å². The van der Waals surface area contributed by atoms with Crippen LogP contribution in [0.3, 0.4) is 0 Å². The van der Waals surface area contributed by atoms with Crippen LogP contribution in [0.25, 0.3) is 5.69 Å². The molecule has 3 aromatic rings. The molecule has 0 radical (unpaired) electrons. The van der Waals surface area contributed by atoms with Crippen molar-refractivity contribution in [2.45, 2.75) is 18.8 Å². The zero-order chi connectivity index (χ0) is 15.1. The lowest BCUT2D eigenvalue weighted by molar-refractivity contribution is 0.0959.